The molecule has 0 N–H and O–H groups in total. The lowest BCUT2D eigenvalue weighted by Crippen LogP contribution is -2.03. The molecule has 3 heteroatoms. The molecule has 0 saturated carbocycles. The smallest absolute Gasteiger partial charge is 0.339 e. The zero-order valence-electron chi connectivity index (χ0n) is 12.6. The summed E-state index contributed by atoms with van der Waals surface area (Å²) in [6.07, 6.45) is 1.78. The van der Waals surface area contributed by atoms with Crippen LogP contribution < -0.4 is 0 Å². The van der Waals surface area contributed by atoms with E-state index in [1.807, 2.05) is 66.0 Å². The van der Waals surface area contributed by atoms with Crippen molar-refractivity contribution in [3.8, 4) is 10.4 Å². The maximum Gasteiger partial charge on any atom is 0.339 e. The molecule has 0 spiro atoms. The quantitative estimate of drug-likeness (QED) is 0.587. The minimum Gasteiger partial charge on any atom is -0.457 e. The fourth-order valence-corrected chi connectivity index (χ4v) is 3.06. The van der Waals surface area contributed by atoms with Crippen LogP contribution in [0.5, 0.6) is 0 Å². The topological polar surface area (TPSA) is 26.3 Å². The van der Waals surface area contributed by atoms with Crippen LogP contribution in [0.25, 0.3) is 16.5 Å². The summed E-state index contributed by atoms with van der Waals surface area (Å²) in [5, 5.41) is 1.84. The molecule has 2 nitrogen and oxygen atoms in total. The Kier molecular flexibility index (Phi) is 4.69. The molecule has 0 unspecified atom stereocenters. The molecule has 0 saturated heterocycles. The second-order valence-electron chi connectivity index (χ2n) is 5.09. The molecule has 23 heavy (non-hydrogen) atoms. The molecule has 0 aliphatic carbocycles. The summed E-state index contributed by atoms with van der Waals surface area (Å²) in [6.45, 7) is 3.99. The van der Waals surface area contributed by atoms with Crippen molar-refractivity contribution in [2.75, 3.05) is 0 Å². The number of ether oxygens (including phenoxy) is 1. The number of thiophene rings is 1. The maximum absolute atomic E-state index is 12.2. The van der Waals surface area contributed by atoms with Gasteiger partial charge in [-0.3, -0.25) is 0 Å². The van der Waals surface area contributed by atoms with Gasteiger partial charge in [0.25, 0.3) is 0 Å². The van der Waals surface area contributed by atoms with Crippen molar-refractivity contribution in [3.05, 3.63) is 89.3 Å². The first-order valence-electron chi connectivity index (χ1n) is 7.29. The van der Waals surface area contributed by atoms with Gasteiger partial charge in [0.1, 0.15) is 6.61 Å². The van der Waals surface area contributed by atoms with Crippen molar-refractivity contribution in [1.82, 2.24) is 0 Å². The zero-order valence-corrected chi connectivity index (χ0v) is 13.4. The SMILES string of the molecule is C=Cc1ccc(COC(=O)c2csc(-c3ccccc3)c2)cc1. The second kappa shape index (κ2) is 7.07. The van der Waals surface area contributed by atoms with E-state index < -0.39 is 0 Å². The van der Waals surface area contributed by atoms with E-state index in [4.69, 9.17) is 4.74 Å². The first-order valence-corrected chi connectivity index (χ1v) is 8.16. The van der Waals surface area contributed by atoms with Gasteiger partial charge < -0.3 is 4.74 Å². The van der Waals surface area contributed by atoms with E-state index in [0.717, 1.165) is 21.6 Å². The maximum atomic E-state index is 12.2. The molecule has 3 rings (SSSR count). The Morgan fingerprint density at radius 2 is 1.83 bits per heavy atom. The molecule has 0 bridgehead atoms. The average molecular weight is 320 g/mol. The molecule has 0 aliphatic heterocycles. The van der Waals surface area contributed by atoms with Crippen LogP contribution in [0.15, 0.2) is 72.6 Å². The summed E-state index contributed by atoms with van der Waals surface area (Å²) >= 11 is 1.55. The Morgan fingerprint density at radius 1 is 1.09 bits per heavy atom. The molecular formula is C20H16O2S. The highest BCUT2D eigenvalue weighted by molar-refractivity contribution is 7.13. The zero-order chi connectivity index (χ0) is 16.1. The van der Waals surface area contributed by atoms with Crippen molar-refractivity contribution in [3.63, 3.8) is 0 Å². The van der Waals surface area contributed by atoms with E-state index in [1.165, 1.54) is 0 Å². The van der Waals surface area contributed by atoms with E-state index in [-0.39, 0.29) is 12.6 Å². The first kappa shape index (κ1) is 15.3. The summed E-state index contributed by atoms with van der Waals surface area (Å²) in [6, 6.07) is 19.7. The molecule has 0 atom stereocenters. The average Bonchev–Trinajstić information content (AvgIpc) is 3.11. The summed E-state index contributed by atoms with van der Waals surface area (Å²) in [5.41, 5.74) is 3.71. The van der Waals surface area contributed by atoms with Crippen LogP contribution in [-0.4, -0.2) is 5.97 Å². The van der Waals surface area contributed by atoms with Crippen LogP contribution in [0.2, 0.25) is 0 Å². The van der Waals surface area contributed by atoms with E-state index in [2.05, 4.69) is 6.58 Å². The Balaban J connectivity index is 1.64. The molecule has 0 radical (unpaired) electrons. The standard InChI is InChI=1S/C20H16O2S/c1-2-15-8-10-16(11-9-15)13-22-20(21)18-12-19(23-14-18)17-6-4-3-5-7-17/h2-12,14H,1,13H2. The highest BCUT2D eigenvalue weighted by Crippen LogP contribution is 2.27. The lowest BCUT2D eigenvalue weighted by atomic mass is 10.1. The fraction of sp³-hybridized carbons (Fsp3) is 0.0500. The fourth-order valence-electron chi connectivity index (χ4n) is 2.18. The minimum atomic E-state index is -0.295. The Morgan fingerprint density at radius 3 is 2.52 bits per heavy atom. The van der Waals surface area contributed by atoms with E-state index in [9.17, 15) is 4.79 Å². The van der Waals surface area contributed by atoms with E-state index in [1.54, 1.807) is 17.4 Å². The van der Waals surface area contributed by atoms with Crippen LogP contribution in [0, 0.1) is 0 Å². The van der Waals surface area contributed by atoms with Gasteiger partial charge in [0, 0.05) is 10.3 Å². The summed E-state index contributed by atoms with van der Waals surface area (Å²) in [4.78, 5) is 13.2. The van der Waals surface area contributed by atoms with Gasteiger partial charge in [-0.15, -0.1) is 11.3 Å². The Labute approximate surface area is 139 Å². The normalized spacial score (nSPS) is 10.3. The number of carbonyl (C=O) groups excluding carboxylic acids is 1. The second-order valence-corrected chi connectivity index (χ2v) is 6.00. The number of hydrogen-bond acceptors (Lipinski definition) is 3. The molecule has 3 aromatic rings. The summed E-state index contributed by atoms with van der Waals surface area (Å²) in [7, 11) is 0. The van der Waals surface area contributed by atoms with Crippen molar-refractivity contribution in [2.24, 2.45) is 0 Å². The van der Waals surface area contributed by atoms with Gasteiger partial charge >= 0.3 is 5.97 Å². The van der Waals surface area contributed by atoms with Gasteiger partial charge in [-0.2, -0.15) is 0 Å². The highest BCUT2D eigenvalue weighted by Gasteiger charge is 2.11. The predicted molar refractivity (Wildman–Crippen MR) is 95.4 cm³/mol. The van der Waals surface area contributed by atoms with Gasteiger partial charge in [0.2, 0.25) is 0 Å². The molecule has 1 heterocycles. The third-order valence-corrected chi connectivity index (χ3v) is 4.46. The van der Waals surface area contributed by atoms with Gasteiger partial charge in [0.05, 0.1) is 5.56 Å². The number of carbonyl (C=O) groups is 1. The monoisotopic (exact) mass is 320 g/mol. The van der Waals surface area contributed by atoms with E-state index >= 15 is 0 Å². The third kappa shape index (κ3) is 3.76. The predicted octanol–water partition coefficient (Wildman–Crippen LogP) is 5.42. The molecule has 1 aromatic heterocycles. The number of esters is 1. The van der Waals surface area contributed by atoms with Crippen LogP contribution >= 0.6 is 11.3 Å². The van der Waals surface area contributed by atoms with E-state index in [0.29, 0.717) is 5.56 Å². The minimum absolute atomic E-state index is 0.271. The molecule has 0 aliphatic rings. The molecule has 114 valence electrons. The van der Waals surface area contributed by atoms with Crippen molar-refractivity contribution in [2.45, 2.75) is 6.61 Å². The Bertz CT molecular complexity index is 801. The first-order chi connectivity index (χ1) is 11.3. The van der Waals surface area contributed by atoms with Gasteiger partial charge in [-0.05, 0) is 22.8 Å². The molecule has 0 fully saturated rings. The van der Waals surface area contributed by atoms with Crippen LogP contribution in [0.1, 0.15) is 21.5 Å². The van der Waals surface area contributed by atoms with Crippen LogP contribution in [0.4, 0.5) is 0 Å². The molecule has 2 aromatic carbocycles. The number of rotatable bonds is 5. The summed E-state index contributed by atoms with van der Waals surface area (Å²) < 4.78 is 5.38. The highest BCUT2D eigenvalue weighted by atomic mass is 32.1. The Hall–Kier alpha value is -2.65. The van der Waals surface area contributed by atoms with Gasteiger partial charge in [-0.1, -0.05) is 67.3 Å². The van der Waals surface area contributed by atoms with Crippen molar-refractivity contribution < 1.29 is 9.53 Å². The lowest BCUT2D eigenvalue weighted by molar-refractivity contribution is 0.0473. The van der Waals surface area contributed by atoms with Gasteiger partial charge in [-0.25, -0.2) is 4.79 Å². The van der Waals surface area contributed by atoms with Crippen molar-refractivity contribution in [1.29, 1.82) is 0 Å². The number of hydrogen-bond donors (Lipinski definition) is 0. The number of benzene rings is 2. The lowest BCUT2D eigenvalue weighted by Gasteiger charge is -2.04. The van der Waals surface area contributed by atoms with Crippen LogP contribution in [-0.2, 0) is 11.3 Å². The molecule has 0 amide bonds. The summed E-state index contributed by atoms with van der Waals surface area (Å²) in [5.74, 6) is -0.295. The van der Waals surface area contributed by atoms with Crippen molar-refractivity contribution >= 4 is 23.4 Å². The third-order valence-electron chi connectivity index (χ3n) is 3.48. The largest absolute Gasteiger partial charge is 0.457 e. The van der Waals surface area contributed by atoms with Crippen LogP contribution in [0.3, 0.4) is 0 Å². The van der Waals surface area contributed by atoms with Gasteiger partial charge in [0.15, 0.2) is 0 Å². The molecular weight excluding hydrogens is 304 g/mol.